The lowest BCUT2D eigenvalue weighted by Gasteiger charge is -2.10. The van der Waals surface area contributed by atoms with Gasteiger partial charge in [0, 0.05) is 0 Å². The summed E-state index contributed by atoms with van der Waals surface area (Å²) in [6.45, 7) is 1.74. The molecule has 0 aliphatic rings. The van der Waals surface area contributed by atoms with Gasteiger partial charge in [-0.2, -0.15) is 5.10 Å². The molecule has 4 aromatic carbocycles. The van der Waals surface area contributed by atoms with Crippen LogP contribution in [0.5, 0.6) is 5.75 Å². The lowest BCUT2D eigenvalue weighted by Crippen LogP contribution is -2.25. The Morgan fingerprint density at radius 3 is 2.32 bits per heavy atom. The van der Waals surface area contributed by atoms with Gasteiger partial charge in [-0.25, -0.2) is 5.43 Å². The summed E-state index contributed by atoms with van der Waals surface area (Å²) in [5, 5.41) is 6.34. The lowest BCUT2D eigenvalue weighted by molar-refractivity contribution is -0.123. The van der Waals surface area contributed by atoms with E-state index >= 15 is 0 Å². The summed E-state index contributed by atoms with van der Waals surface area (Å²) < 4.78 is 6.51. The fraction of sp³-hybridized carbons (Fsp3) is 0.0769. The summed E-state index contributed by atoms with van der Waals surface area (Å²) >= 11 is 3.56. The van der Waals surface area contributed by atoms with Crippen LogP contribution in [0.4, 0.5) is 0 Å². The first-order valence-electron chi connectivity index (χ1n) is 9.91. The molecule has 1 N–H and O–H groups in total. The molecule has 0 aromatic heterocycles. The average molecular weight is 473 g/mol. The maximum atomic E-state index is 12.2. The van der Waals surface area contributed by atoms with E-state index in [2.05, 4.69) is 38.6 Å². The summed E-state index contributed by atoms with van der Waals surface area (Å²) in [6.07, 6.45) is 0. The van der Waals surface area contributed by atoms with Crippen molar-refractivity contribution in [3.63, 3.8) is 0 Å². The summed E-state index contributed by atoms with van der Waals surface area (Å²) in [5.41, 5.74) is 6.52. The Balaban J connectivity index is 1.36. The van der Waals surface area contributed by atoms with E-state index in [0.29, 0.717) is 5.75 Å². The van der Waals surface area contributed by atoms with Gasteiger partial charge >= 0.3 is 0 Å². The molecular formula is C26H21BrN2O2. The van der Waals surface area contributed by atoms with Crippen molar-refractivity contribution >= 4 is 38.3 Å². The lowest BCUT2D eigenvalue weighted by atomic mass is 10.0. The van der Waals surface area contributed by atoms with Crippen molar-refractivity contribution in [1.82, 2.24) is 5.43 Å². The van der Waals surface area contributed by atoms with Crippen LogP contribution in [-0.2, 0) is 4.79 Å². The first kappa shape index (κ1) is 20.8. The van der Waals surface area contributed by atoms with Gasteiger partial charge < -0.3 is 4.74 Å². The molecule has 0 aliphatic carbocycles. The van der Waals surface area contributed by atoms with Crippen molar-refractivity contribution in [2.75, 3.05) is 6.61 Å². The summed E-state index contributed by atoms with van der Waals surface area (Å²) in [5.74, 6) is 0.298. The predicted molar refractivity (Wildman–Crippen MR) is 129 cm³/mol. The smallest absolute Gasteiger partial charge is 0.277 e. The Labute approximate surface area is 189 Å². The zero-order valence-electron chi connectivity index (χ0n) is 17.0. The summed E-state index contributed by atoms with van der Waals surface area (Å²) in [6, 6.07) is 30.1. The number of fused-ring (bicyclic) bond motifs is 1. The minimum atomic E-state index is -0.319. The molecule has 4 nitrogen and oxygen atoms in total. The number of benzene rings is 4. The van der Waals surface area contributed by atoms with Crippen LogP contribution in [0.1, 0.15) is 12.5 Å². The zero-order chi connectivity index (χ0) is 21.6. The molecule has 0 saturated carbocycles. The molecule has 0 radical (unpaired) electrons. The molecule has 0 heterocycles. The maximum Gasteiger partial charge on any atom is 0.277 e. The molecule has 154 valence electrons. The van der Waals surface area contributed by atoms with Gasteiger partial charge in [0.05, 0.1) is 10.2 Å². The molecule has 0 unspecified atom stereocenters. The van der Waals surface area contributed by atoms with E-state index in [4.69, 9.17) is 4.74 Å². The highest BCUT2D eigenvalue weighted by Gasteiger charge is 2.09. The van der Waals surface area contributed by atoms with E-state index in [0.717, 1.165) is 37.6 Å². The van der Waals surface area contributed by atoms with Crippen LogP contribution in [-0.4, -0.2) is 18.2 Å². The van der Waals surface area contributed by atoms with Gasteiger partial charge in [-0.15, -0.1) is 0 Å². The van der Waals surface area contributed by atoms with Crippen LogP contribution >= 0.6 is 15.9 Å². The first-order valence-corrected chi connectivity index (χ1v) is 10.7. The maximum absolute atomic E-state index is 12.2. The normalized spacial score (nSPS) is 11.4. The van der Waals surface area contributed by atoms with Crippen molar-refractivity contribution in [3.05, 3.63) is 101 Å². The van der Waals surface area contributed by atoms with Gasteiger partial charge in [0.15, 0.2) is 6.61 Å². The van der Waals surface area contributed by atoms with Gasteiger partial charge in [0.1, 0.15) is 5.75 Å². The largest absolute Gasteiger partial charge is 0.483 e. The number of hydrogen-bond donors (Lipinski definition) is 1. The van der Waals surface area contributed by atoms with Crippen molar-refractivity contribution in [2.24, 2.45) is 5.10 Å². The third kappa shape index (κ3) is 5.01. The monoisotopic (exact) mass is 472 g/mol. The van der Waals surface area contributed by atoms with Crippen LogP contribution in [0.25, 0.3) is 21.9 Å². The molecule has 0 saturated heterocycles. The van der Waals surface area contributed by atoms with E-state index in [-0.39, 0.29) is 12.5 Å². The molecule has 0 fully saturated rings. The van der Waals surface area contributed by atoms with Crippen LogP contribution in [0.3, 0.4) is 0 Å². The van der Waals surface area contributed by atoms with Crippen molar-refractivity contribution in [3.8, 4) is 16.9 Å². The van der Waals surface area contributed by atoms with E-state index < -0.39 is 0 Å². The number of carbonyl (C=O) groups is 1. The first-order chi connectivity index (χ1) is 15.1. The van der Waals surface area contributed by atoms with Crippen molar-refractivity contribution in [1.29, 1.82) is 0 Å². The number of nitrogens with zero attached hydrogens (tertiary/aromatic N) is 1. The van der Waals surface area contributed by atoms with Crippen LogP contribution < -0.4 is 10.2 Å². The number of carbonyl (C=O) groups excluding carboxylic acids is 1. The van der Waals surface area contributed by atoms with Crippen molar-refractivity contribution in [2.45, 2.75) is 6.92 Å². The second-order valence-electron chi connectivity index (χ2n) is 7.06. The SMILES string of the molecule is CC(=NNC(=O)COc1ccc2ccccc2c1Br)c1ccc(-c2ccccc2)cc1. The van der Waals surface area contributed by atoms with Gasteiger partial charge in [0.25, 0.3) is 5.91 Å². The van der Waals surface area contributed by atoms with Gasteiger partial charge in [-0.1, -0.05) is 84.9 Å². The second-order valence-corrected chi connectivity index (χ2v) is 7.86. The molecule has 5 heteroatoms. The number of nitrogens with one attached hydrogen (secondary N) is 1. The topological polar surface area (TPSA) is 50.7 Å². The zero-order valence-corrected chi connectivity index (χ0v) is 18.6. The molecule has 1 amide bonds. The van der Waals surface area contributed by atoms with Gasteiger partial charge in [-0.3, -0.25) is 4.79 Å². The molecule has 0 bridgehead atoms. The van der Waals surface area contributed by atoms with Gasteiger partial charge in [-0.05, 0) is 56.4 Å². The van der Waals surface area contributed by atoms with Crippen LogP contribution in [0.15, 0.2) is 101 Å². The van der Waals surface area contributed by atoms with Crippen LogP contribution in [0.2, 0.25) is 0 Å². The Hall–Kier alpha value is -3.44. The Morgan fingerprint density at radius 2 is 1.55 bits per heavy atom. The minimum Gasteiger partial charge on any atom is -0.483 e. The third-order valence-corrected chi connectivity index (χ3v) is 5.76. The van der Waals surface area contributed by atoms with Crippen molar-refractivity contribution < 1.29 is 9.53 Å². The van der Waals surface area contributed by atoms with E-state index in [1.807, 2.05) is 85.8 Å². The molecule has 0 spiro atoms. The fourth-order valence-electron chi connectivity index (χ4n) is 3.25. The van der Waals surface area contributed by atoms with Gasteiger partial charge in [0.2, 0.25) is 0 Å². The highest BCUT2D eigenvalue weighted by Crippen LogP contribution is 2.32. The quantitative estimate of drug-likeness (QED) is 0.268. The average Bonchev–Trinajstić information content (AvgIpc) is 2.83. The van der Waals surface area contributed by atoms with E-state index in [1.54, 1.807) is 0 Å². The number of hydrogen-bond acceptors (Lipinski definition) is 3. The number of rotatable bonds is 6. The predicted octanol–water partition coefficient (Wildman–Crippen LogP) is 6.19. The minimum absolute atomic E-state index is 0.124. The highest BCUT2D eigenvalue weighted by molar-refractivity contribution is 9.10. The second kappa shape index (κ2) is 9.58. The fourth-order valence-corrected chi connectivity index (χ4v) is 3.85. The Bertz CT molecular complexity index is 1240. The Kier molecular flexibility index (Phi) is 6.43. The number of ether oxygens (including phenoxy) is 1. The van der Waals surface area contributed by atoms with Crippen LogP contribution in [0, 0.1) is 0 Å². The summed E-state index contributed by atoms with van der Waals surface area (Å²) in [4.78, 5) is 12.2. The molecule has 4 rings (SSSR count). The molecule has 31 heavy (non-hydrogen) atoms. The summed E-state index contributed by atoms with van der Waals surface area (Å²) in [7, 11) is 0. The standard InChI is InChI=1S/C26H21BrN2O2/c1-18(19-11-13-21(14-12-19)20-7-3-2-4-8-20)28-29-25(30)17-31-24-16-15-22-9-5-6-10-23(22)26(24)27/h2-16H,17H2,1H3,(H,29,30). The van der Waals surface area contributed by atoms with E-state index in [1.165, 1.54) is 0 Å². The number of hydrazone groups is 1. The molecule has 4 aromatic rings. The van der Waals surface area contributed by atoms with E-state index in [9.17, 15) is 4.79 Å². The molecule has 0 aliphatic heterocycles. The Morgan fingerprint density at radius 1 is 0.871 bits per heavy atom. The highest BCUT2D eigenvalue weighted by atomic mass is 79.9. The number of amides is 1. The molecule has 0 atom stereocenters. The number of halogens is 1. The third-order valence-electron chi connectivity index (χ3n) is 4.94. The molecular weight excluding hydrogens is 452 g/mol.